The molecular formula is C43H42N4O5S2. The van der Waals surface area contributed by atoms with E-state index in [0.717, 1.165) is 39.6 Å². The first kappa shape index (κ1) is 38.2. The first-order valence-electron chi connectivity index (χ1n) is 17.7. The molecule has 276 valence electrons. The number of esters is 1. The number of fused-ring (bicyclic) bond motifs is 1. The van der Waals surface area contributed by atoms with Crippen LogP contribution < -0.4 is 16.0 Å². The molecule has 0 saturated heterocycles. The summed E-state index contributed by atoms with van der Waals surface area (Å²) in [6.07, 6.45) is 2.84. The second kappa shape index (κ2) is 18.0. The zero-order chi connectivity index (χ0) is 38.0. The topological polar surface area (TPSA) is 117 Å². The molecule has 4 aromatic carbocycles. The molecule has 5 aromatic rings. The van der Waals surface area contributed by atoms with Crippen LogP contribution in [0.3, 0.4) is 0 Å². The monoisotopic (exact) mass is 758 g/mol. The smallest absolute Gasteiger partial charge is 0.341 e. The number of ether oxygens (including phenoxy) is 1. The molecule has 0 fully saturated rings. The summed E-state index contributed by atoms with van der Waals surface area (Å²) in [7, 11) is 1.36. The van der Waals surface area contributed by atoms with Gasteiger partial charge in [0.15, 0.2) is 0 Å². The molecule has 1 atom stereocenters. The molecule has 1 aliphatic heterocycles. The number of hydrogen-bond acceptors (Lipinski definition) is 8. The van der Waals surface area contributed by atoms with Gasteiger partial charge in [-0.2, -0.15) is 0 Å². The average molecular weight is 759 g/mol. The molecule has 6 rings (SSSR count). The standard InChI is InChI=1S/C43H42N4O5S2/c1-4-36(41(50)46-42-38(43(51)52-3)34-22-23-47(27-37(34)54-42)26-30-12-7-5-8-13-30)53-33-17-11-16-32(25-33)44-40(49)35(24-29-20-18-28(2)19-21-29)45-39(48)31-14-9-6-10-15-31/h5-21,24-25,36H,4,22-23,26-27H2,1-3H3,(H,44,49)(H,45,48)(H,46,50)/b35-24+. The number of carbonyl (C=O) groups excluding carboxylic acids is 4. The molecule has 0 saturated carbocycles. The van der Waals surface area contributed by atoms with Crippen molar-refractivity contribution < 1.29 is 23.9 Å². The Morgan fingerprint density at radius 2 is 1.63 bits per heavy atom. The fraction of sp³-hybridized carbons (Fsp3) is 0.209. The molecular weight excluding hydrogens is 717 g/mol. The van der Waals surface area contributed by atoms with E-state index in [-0.39, 0.29) is 11.6 Å². The van der Waals surface area contributed by atoms with Crippen molar-refractivity contribution in [3.8, 4) is 0 Å². The fourth-order valence-electron chi connectivity index (χ4n) is 6.14. The van der Waals surface area contributed by atoms with E-state index in [1.165, 1.54) is 35.8 Å². The summed E-state index contributed by atoms with van der Waals surface area (Å²) in [5.41, 5.74) is 5.43. The zero-order valence-corrected chi connectivity index (χ0v) is 32.0. The Hall–Kier alpha value is -5.49. The lowest BCUT2D eigenvalue weighted by Crippen LogP contribution is -2.30. The highest BCUT2D eigenvalue weighted by Gasteiger charge is 2.30. The van der Waals surface area contributed by atoms with Crippen LogP contribution in [0.1, 0.15) is 61.2 Å². The third-order valence-electron chi connectivity index (χ3n) is 8.96. The number of amides is 3. The van der Waals surface area contributed by atoms with Crippen LogP contribution in [0, 0.1) is 6.92 Å². The molecule has 1 aromatic heterocycles. The summed E-state index contributed by atoms with van der Waals surface area (Å²) >= 11 is 2.80. The lowest BCUT2D eigenvalue weighted by atomic mass is 10.0. The summed E-state index contributed by atoms with van der Waals surface area (Å²) in [5.74, 6) is -1.59. The molecule has 0 bridgehead atoms. The maximum atomic E-state index is 13.8. The number of aryl methyl sites for hydroxylation is 1. The van der Waals surface area contributed by atoms with E-state index < -0.39 is 23.0 Å². The largest absolute Gasteiger partial charge is 0.465 e. The van der Waals surface area contributed by atoms with Crippen LogP contribution in [0.4, 0.5) is 10.7 Å². The van der Waals surface area contributed by atoms with E-state index in [1.807, 2.05) is 68.4 Å². The Kier molecular flexibility index (Phi) is 12.8. The van der Waals surface area contributed by atoms with Crippen molar-refractivity contribution in [2.24, 2.45) is 0 Å². The molecule has 54 heavy (non-hydrogen) atoms. The van der Waals surface area contributed by atoms with Crippen LogP contribution in [-0.4, -0.2) is 47.5 Å². The number of anilines is 2. The number of nitrogens with zero attached hydrogens (tertiary/aromatic N) is 1. The third-order valence-corrected chi connectivity index (χ3v) is 11.5. The molecule has 1 unspecified atom stereocenters. The predicted octanol–water partition coefficient (Wildman–Crippen LogP) is 8.32. The molecule has 0 aliphatic carbocycles. The van der Waals surface area contributed by atoms with Crippen molar-refractivity contribution in [2.75, 3.05) is 24.3 Å². The van der Waals surface area contributed by atoms with E-state index in [0.29, 0.717) is 41.2 Å². The number of thiophene rings is 1. The molecule has 0 spiro atoms. The minimum absolute atomic E-state index is 0.0832. The van der Waals surface area contributed by atoms with Gasteiger partial charge >= 0.3 is 5.97 Å². The zero-order valence-electron chi connectivity index (χ0n) is 30.4. The van der Waals surface area contributed by atoms with Gasteiger partial charge in [0.2, 0.25) is 5.91 Å². The highest BCUT2D eigenvalue weighted by Crippen LogP contribution is 2.39. The first-order chi connectivity index (χ1) is 26.2. The minimum atomic E-state index is -0.494. The van der Waals surface area contributed by atoms with Crippen molar-refractivity contribution in [2.45, 2.75) is 49.9 Å². The number of nitrogens with one attached hydrogen (secondary N) is 3. The lowest BCUT2D eigenvalue weighted by Gasteiger charge is -2.27. The third kappa shape index (κ3) is 9.73. The van der Waals surface area contributed by atoms with Crippen LogP contribution in [-0.2, 0) is 33.8 Å². The van der Waals surface area contributed by atoms with Crippen LogP contribution in [0.2, 0.25) is 0 Å². The van der Waals surface area contributed by atoms with Crippen LogP contribution in [0.25, 0.3) is 6.08 Å². The molecule has 3 N–H and O–H groups in total. The van der Waals surface area contributed by atoms with Crippen molar-refractivity contribution >= 4 is 63.6 Å². The van der Waals surface area contributed by atoms with Gasteiger partial charge in [-0.05, 0) is 72.9 Å². The van der Waals surface area contributed by atoms with Gasteiger partial charge in [-0.3, -0.25) is 19.3 Å². The molecule has 3 amide bonds. The molecule has 11 heteroatoms. The minimum Gasteiger partial charge on any atom is -0.465 e. The van der Waals surface area contributed by atoms with Gasteiger partial charge in [-0.1, -0.05) is 91.3 Å². The van der Waals surface area contributed by atoms with Gasteiger partial charge in [-0.15, -0.1) is 23.1 Å². The number of methoxy groups -OCH3 is 1. The number of hydrogen-bond donors (Lipinski definition) is 3. The van der Waals surface area contributed by atoms with Crippen molar-refractivity contribution in [3.63, 3.8) is 0 Å². The maximum absolute atomic E-state index is 13.8. The molecule has 2 heterocycles. The summed E-state index contributed by atoms with van der Waals surface area (Å²) < 4.78 is 5.17. The summed E-state index contributed by atoms with van der Waals surface area (Å²) in [5, 5.41) is 8.77. The summed E-state index contributed by atoms with van der Waals surface area (Å²) in [6.45, 7) is 6.18. The van der Waals surface area contributed by atoms with E-state index in [4.69, 9.17) is 4.74 Å². The number of carbonyl (C=O) groups is 4. The van der Waals surface area contributed by atoms with Gasteiger partial charge in [0.1, 0.15) is 10.7 Å². The summed E-state index contributed by atoms with van der Waals surface area (Å²) in [4.78, 5) is 57.7. The summed E-state index contributed by atoms with van der Waals surface area (Å²) in [6, 6.07) is 33.8. The van der Waals surface area contributed by atoms with Gasteiger partial charge in [0.05, 0.1) is 17.9 Å². The first-order valence-corrected chi connectivity index (χ1v) is 19.4. The molecule has 0 radical (unpaired) electrons. The van der Waals surface area contributed by atoms with Crippen molar-refractivity contribution in [1.82, 2.24) is 10.2 Å². The van der Waals surface area contributed by atoms with Gasteiger partial charge in [0, 0.05) is 40.7 Å². The maximum Gasteiger partial charge on any atom is 0.341 e. The predicted molar refractivity (Wildman–Crippen MR) is 217 cm³/mol. The van der Waals surface area contributed by atoms with Crippen LogP contribution >= 0.6 is 23.1 Å². The second-order valence-electron chi connectivity index (χ2n) is 12.9. The van der Waals surface area contributed by atoms with Crippen molar-refractivity contribution in [3.05, 3.63) is 153 Å². The van der Waals surface area contributed by atoms with Gasteiger partial charge in [0.25, 0.3) is 11.8 Å². The lowest BCUT2D eigenvalue weighted by molar-refractivity contribution is -0.116. The fourth-order valence-corrected chi connectivity index (χ4v) is 8.43. The SMILES string of the molecule is CCC(Sc1cccc(NC(=O)/C(=C\c2ccc(C)cc2)NC(=O)c2ccccc2)c1)C(=O)Nc1sc2c(c1C(=O)OC)CCN(Cc1ccccc1)C2. The second-order valence-corrected chi connectivity index (χ2v) is 15.3. The Bertz CT molecular complexity index is 2150. The van der Waals surface area contributed by atoms with Crippen LogP contribution in [0.15, 0.2) is 120 Å². The number of benzene rings is 4. The Morgan fingerprint density at radius 3 is 2.33 bits per heavy atom. The highest BCUT2D eigenvalue weighted by atomic mass is 32.2. The van der Waals surface area contributed by atoms with Gasteiger partial charge in [-0.25, -0.2) is 4.79 Å². The Labute approximate surface area is 323 Å². The Morgan fingerprint density at radius 1 is 0.907 bits per heavy atom. The van der Waals surface area contributed by atoms with E-state index >= 15 is 0 Å². The normalized spacial score (nSPS) is 13.4. The quantitative estimate of drug-likeness (QED) is 0.0629. The number of rotatable bonds is 13. The molecule has 9 nitrogen and oxygen atoms in total. The van der Waals surface area contributed by atoms with E-state index in [9.17, 15) is 19.2 Å². The average Bonchev–Trinajstić information content (AvgIpc) is 3.54. The van der Waals surface area contributed by atoms with E-state index in [2.05, 4.69) is 33.0 Å². The van der Waals surface area contributed by atoms with Crippen LogP contribution in [0.5, 0.6) is 0 Å². The highest BCUT2D eigenvalue weighted by molar-refractivity contribution is 8.00. The van der Waals surface area contributed by atoms with Crippen molar-refractivity contribution in [1.29, 1.82) is 0 Å². The Balaban J connectivity index is 1.15. The molecule has 1 aliphatic rings. The number of thioether (sulfide) groups is 1. The van der Waals surface area contributed by atoms with E-state index in [1.54, 1.807) is 48.5 Å². The van der Waals surface area contributed by atoms with Gasteiger partial charge < -0.3 is 20.7 Å².